The van der Waals surface area contributed by atoms with Crippen LogP contribution in [-0.4, -0.2) is 12.2 Å². The molecule has 0 fully saturated rings. The van der Waals surface area contributed by atoms with Gasteiger partial charge in [0, 0.05) is 11.9 Å². The van der Waals surface area contributed by atoms with Crippen molar-refractivity contribution in [3.63, 3.8) is 0 Å². The van der Waals surface area contributed by atoms with Crippen molar-refractivity contribution in [1.29, 1.82) is 0 Å². The van der Waals surface area contributed by atoms with Crippen molar-refractivity contribution in [2.75, 3.05) is 7.05 Å². The average molecular weight is 319 g/mol. The third kappa shape index (κ3) is 4.55. The number of hydrogen-bond acceptors (Lipinski definition) is 2. The van der Waals surface area contributed by atoms with E-state index in [0.29, 0.717) is 11.0 Å². The van der Waals surface area contributed by atoms with E-state index >= 15 is 0 Å². The highest BCUT2D eigenvalue weighted by molar-refractivity contribution is 7.80. The molecule has 0 radical (unpaired) electrons. The number of hydrogen-bond donors (Lipinski definition) is 2. The Balaban J connectivity index is 2.22. The van der Waals surface area contributed by atoms with Gasteiger partial charge in [0.1, 0.15) is 0 Å². The van der Waals surface area contributed by atoms with Crippen LogP contribution in [0.25, 0.3) is 0 Å². The van der Waals surface area contributed by atoms with Crippen molar-refractivity contribution in [1.82, 2.24) is 10.6 Å². The van der Waals surface area contributed by atoms with Gasteiger partial charge in [0.15, 0.2) is 5.11 Å². The molecule has 2 rings (SSSR count). The summed E-state index contributed by atoms with van der Waals surface area (Å²) < 4.78 is 0. The molecular formula is C17H22N2S2. The first-order valence-electron chi connectivity index (χ1n) is 7.20. The monoisotopic (exact) mass is 318 g/mol. The molecule has 1 atom stereocenters. The third-order valence-corrected chi connectivity index (χ3v) is 4.55. The highest BCUT2D eigenvalue weighted by Crippen LogP contribution is 2.26. The van der Waals surface area contributed by atoms with E-state index in [-0.39, 0.29) is 6.04 Å². The molecule has 0 saturated carbocycles. The van der Waals surface area contributed by atoms with Crippen molar-refractivity contribution < 1.29 is 0 Å². The van der Waals surface area contributed by atoms with E-state index in [1.54, 1.807) is 11.3 Å². The van der Waals surface area contributed by atoms with Crippen LogP contribution in [0.4, 0.5) is 0 Å². The van der Waals surface area contributed by atoms with Crippen molar-refractivity contribution in [2.45, 2.75) is 26.3 Å². The normalized spacial score (nSPS) is 12.2. The van der Waals surface area contributed by atoms with E-state index in [2.05, 4.69) is 66.3 Å². The molecule has 0 aliphatic rings. The van der Waals surface area contributed by atoms with Gasteiger partial charge in [0.2, 0.25) is 0 Å². The molecule has 112 valence electrons. The summed E-state index contributed by atoms with van der Waals surface area (Å²) in [5.74, 6) is 0.680. The molecule has 1 aromatic carbocycles. The van der Waals surface area contributed by atoms with Crippen LogP contribution in [0, 0.1) is 5.92 Å². The Morgan fingerprint density at radius 1 is 1.19 bits per heavy atom. The Labute approximate surface area is 136 Å². The van der Waals surface area contributed by atoms with Gasteiger partial charge < -0.3 is 10.6 Å². The van der Waals surface area contributed by atoms with Gasteiger partial charge in [-0.05, 0) is 47.1 Å². The van der Waals surface area contributed by atoms with Crippen LogP contribution in [0.3, 0.4) is 0 Å². The fourth-order valence-corrected chi connectivity index (χ4v) is 3.22. The van der Waals surface area contributed by atoms with Crippen molar-refractivity contribution in [3.05, 3.63) is 57.8 Å². The summed E-state index contributed by atoms with van der Waals surface area (Å²) in [7, 11) is 1.84. The van der Waals surface area contributed by atoms with Gasteiger partial charge in [-0.2, -0.15) is 0 Å². The number of rotatable bonds is 5. The first-order chi connectivity index (χ1) is 10.1. The van der Waals surface area contributed by atoms with Gasteiger partial charge in [-0.25, -0.2) is 0 Å². The molecule has 21 heavy (non-hydrogen) atoms. The van der Waals surface area contributed by atoms with Crippen molar-refractivity contribution in [3.8, 4) is 0 Å². The lowest BCUT2D eigenvalue weighted by atomic mass is 9.99. The van der Waals surface area contributed by atoms with E-state index in [1.165, 1.54) is 16.0 Å². The largest absolute Gasteiger partial charge is 0.366 e. The minimum atomic E-state index is 0.109. The Kier molecular flexibility index (Phi) is 5.76. The molecule has 0 amide bonds. The zero-order valence-corrected chi connectivity index (χ0v) is 14.4. The lowest BCUT2D eigenvalue weighted by Gasteiger charge is -2.20. The van der Waals surface area contributed by atoms with Gasteiger partial charge in [-0.1, -0.05) is 44.2 Å². The Morgan fingerprint density at radius 2 is 1.90 bits per heavy atom. The molecule has 1 aromatic heterocycles. The maximum absolute atomic E-state index is 5.27. The Hall–Kier alpha value is -1.39. The quantitative estimate of drug-likeness (QED) is 0.811. The Morgan fingerprint density at radius 3 is 2.43 bits per heavy atom. The van der Waals surface area contributed by atoms with Crippen LogP contribution in [0.5, 0.6) is 0 Å². The smallest absolute Gasteiger partial charge is 0.166 e. The summed E-state index contributed by atoms with van der Waals surface area (Å²) in [6.45, 7) is 4.49. The molecule has 2 nitrogen and oxygen atoms in total. The summed E-state index contributed by atoms with van der Waals surface area (Å²) in [6.07, 6.45) is 1.12. The van der Waals surface area contributed by atoms with Gasteiger partial charge in [0.05, 0.1) is 6.04 Å². The predicted molar refractivity (Wildman–Crippen MR) is 95.9 cm³/mol. The molecule has 4 heteroatoms. The molecule has 0 bridgehead atoms. The fraction of sp³-hybridized carbons (Fsp3) is 0.353. The van der Waals surface area contributed by atoms with E-state index in [9.17, 15) is 0 Å². The summed E-state index contributed by atoms with van der Waals surface area (Å²) in [4.78, 5) is 1.27. The second-order valence-electron chi connectivity index (χ2n) is 5.51. The van der Waals surface area contributed by atoms with Gasteiger partial charge >= 0.3 is 0 Å². The lowest BCUT2D eigenvalue weighted by molar-refractivity contribution is 0.646. The van der Waals surface area contributed by atoms with Crippen LogP contribution in [-0.2, 0) is 6.42 Å². The minimum absolute atomic E-state index is 0.109. The summed E-state index contributed by atoms with van der Waals surface area (Å²) >= 11 is 7.01. The maximum Gasteiger partial charge on any atom is 0.166 e. The summed E-state index contributed by atoms with van der Waals surface area (Å²) in [5, 5.41) is 9.13. The first-order valence-corrected chi connectivity index (χ1v) is 8.49. The van der Waals surface area contributed by atoms with Gasteiger partial charge in [0.25, 0.3) is 0 Å². The average Bonchev–Trinajstić information content (AvgIpc) is 2.99. The number of nitrogens with one attached hydrogen (secondary N) is 2. The van der Waals surface area contributed by atoms with Crippen LogP contribution in [0.2, 0.25) is 0 Å². The zero-order valence-electron chi connectivity index (χ0n) is 12.7. The fourth-order valence-electron chi connectivity index (χ4n) is 2.30. The summed E-state index contributed by atoms with van der Waals surface area (Å²) in [6, 6.07) is 13.2. The van der Waals surface area contributed by atoms with Crippen LogP contribution < -0.4 is 10.6 Å². The van der Waals surface area contributed by atoms with Gasteiger partial charge in [-0.15, -0.1) is 11.3 Å². The van der Waals surface area contributed by atoms with E-state index in [4.69, 9.17) is 12.2 Å². The first kappa shape index (κ1) is 16.0. The van der Waals surface area contributed by atoms with Crippen LogP contribution >= 0.6 is 23.6 Å². The molecule has 1 heterocycles. The summed E-state index contributed by atoms with van der Waals surface area (Å²) in [5.41, 5.74) is 2.62. The van der Waals surface area contributed by atoms with E-state index in [0.717, 1.165) is 6.42 Å². The van der Waals surface area contributed by atoms with Crippen molar-refractivity contribution >= 4 is 28.7 Å². The van der Waals surface area contributed by atoms with E-state index < -0.39 is 0 Å². The lowest BCUT2D eigenvalue weighted by Crippen LogP contribution is -2.35. The number of thiophene rings is 1. The predicted octanol–water partition coefficient (Wildman–Crippen LogP) is 4.13. The minimum Gasteiger partial charge on any atom is -0.366 e. The molecule has 0 spiro atoms. The maximum atomic E-state index is 5.27. The Bertz CT molecular complexity index is 559. The van der Waals surface area contributed by atoms with Crippen LogP contribution in [0.15, 0.2) is 41.8 Å². The number of thiocarbonyl (C=S) groups is 1. The molecule has 0 aliphatic heterocycles. The zero-order chi connectivity index (χ0) is 15.2. The second kappa shape index (κ2) is 7.57. The molecule has 0 saturated heterocycles. The van der Waals surface area contributed by atoms with Crippen LogP contribution in [0.1, 0.15) is 35.9 Å². The van der Waals surface area contributed by atoms with Gasteiger partial charge in [-0.3, -0.25) is 0 Å². The molecule has 0 unspecified atom stereocenters. The highest BCUT2D eigenvalue weighted by atomic mass is 32.1. The van der Waals surface area contributed by atoms with Crippen molar-refractivity contribution in [2.24, 2.45) is 5.92 Å². The second-order valence-corrected chi connectivity index (χ2v) is 6.90. The standard InChI is InChI=1S/C17H22N2S2/c1-12(2)11-13-6-8-14(9-7-13)16(19-17(20)18-3)15-5-4-10-21-15/h4-10,12,16H,11H2,1-3H3,(H2,18,19,20)/t16-/m0/s1. The molecular weight excluding hydrogens is 296 g/mol. The molecule has 2 aromatic rings. The topological polar surface area (TPSA) is 24.1 Å². The SMILES string of the molecule is CNC(=S)N[C@@H](c1ccc(CC(C)C)cc1)c1cccs1. The van der Waals surface area contributed by atoms with E-state index in [1.807, 2.05) is 7.05 Å². The molecule has 2 N–H and O–H groups in total. The highest BCUT2D eigenvalue weighted by Gasteiger charge is 2.15. The molecule has 0 aliphatic carbocycles. The number of benzene rings is 1. The third-order valence-electron chi connectivity index (χ3n) is 3.29.